The van der Waals surface area contributed by atoms with Crippen molar-refractivity contribution in [3.63, 3.8) is 0 Å². The molecule has 1 N–H and O–H groups in total. The molecule has 4 rings (SSSR count). The number of ether oxygens (including phenoxy) is 2. The highest BCUT2D eigenvalue weighted by Crippen LogP contribution is 2.28. The molecule has 6 nitrogen and oxygen atoms in total. The van der Waals surface area contributed by atoms with Crippen molar-refractivity contribution in [3.05, 3.63) is 88.3 Å². The number of esters is 1. The number of thiophene rings is 1. The number of hydrogen-bond acceptors (Lipinski definition) is 6. The third-order valence-corrected chi connectivity index (χ3v) is 5.55. The maximum atomic E-state index is 12.7. The van der Waals surface area contributed by atoms with Gasteiger partial charge in [-0.1, -0.05) is 42.5 Å². The smallest absolute Gasteiger partial charge is 0.375 e. The number of carbonyl (C=O) groups excluding carboxylic acids is 2. The van der Waals surface area contributed by atoms with Crippen LogP contribution in [0.5, 0.6) is 5.75 Å². The van der Waals surface area contributed by atoms with Crippen LogP contribution in [-0.2, 0) is 22.6 Å². The lowest BCUT2D eigenvalue weighted by atomic mass is 10.1. The molecule has 2 aromatic carbocycles. The SMILES string of the molecule is O=C(COC(=O)c1oc2ccccc2c1COc1ccccc1)NCCc1cccs1. The summed E-state index contributed by atoms with van der Waals surface area (Å²) in [5.74, 6) is -0.333. The van der Waals surface area contributed by atoms with Gasteiger partial charge in [-0.05, 0) is 36.1 Å². The maximum absolute atomic E-state index is 12.7. The topological polar surface area (TPSA) is 77.8 Å². The van der Waals surface area contributed by atoms with Crippen LogP contribution in [0.25, 0.3) is 11.0 Å². The fraction of sp³-hybridized carbons (Fsp3) is 0.167. The third kappa shape index (κ3) is 5.32. The van der Waals surface area contributed by atoms with Gasteiger partial charge >= 0.3 is 5.97 Å². The average molecular weight is 436 g/mol. The number of para-hydroxylation sites is 2. The molecule has 0 fully saturated rings. The molecule has 4 aromatic rings. The molecule has 0 unspecified atom stereocenters. The van der Waals surface area contributed by atoms with Crippen molar-refractivity contribution in [2.45, 2.75) is 13.0 Å². The lowest BCUT2D eigenvalue weighted by Gasteiger charge is -2.08. The van der Waals surface area contributed by atoms with Gasteiger partial charge in [0.1, 0.15) is 17.9 Å². The van der Waals surface area contributed by atoms with Crippen LogP contribution in [-0.4, -0.2) is 25.0 Å². The zero-order chi connectivity index (χ0) is 21.5. The highest BCUT2D eigenvalue weighted by Gasteiger charge is 2.23. The summed E-state index contributed by atoms with van der Waals surface area (Å²) in [7, 11) is 0. The molecule has 1 amide bonds. The Morgan fingerprint density at radius 3 is 2.58 bits per heavy atom. The molecular weight excluding hydrogens is 414 g/mol. The lowest BCUT2D eigenvalue weighted by molar-refractivity contribution is -0.124. The van der Waals surface area contributed by atoms with Gasteiger partial charge in [-0.25, -0.2) is 4.79 Å². The quantitative estimate of drug-likeness (QED) is 0.389. The van der Waals surface area contributed by atoms with Gasteiger partial charge in [-0.15, -0.1) is 11.3 Å². The van der Waals surface area contributed by atoms with Crippen molar-refractivity contribution in [3.8, 4) is 5.75 Å². The Kier molecular flexibility index (Phi) is 6.64. The molecule has 0 aliphatic carbocycles. The highest BCUT2D eigenvalue weighted by molar-refractivity contribution is 7.09. The molecule has 7 heteroatoms. The fourth-order valence-electron chi connectivity index (χ4n) is 3.11. The number of amides is 1. The summed E-state index contributed by atoms with van der Waals surface area (Å²) in [4.78, 5) is 25.9. The first-order chi connectivity index (χ1) is 15.2. The molecule has 158 valence electrons. The maximum Gasteiger partial charge on any atom is 0.375 e. The van der Waals surface area contributed by atoms with Gasteiger partial charge in [0, 0.05) is 16.8 Å². The zero-order valence-corrected chi connectivity index (χ0v) is 17.5. The van der Waals surface area contributed by atoms with Crippen molar-refractivity contribution in [2.75, 3.05) is 13.2 Å². The molecule has 0 saturated heterocycles. The van der Waals surface area contributed by atoms with Gasteiger partial charge in [-0.3, -0.25) is 4.79 Å². The van der Waals surface area contributed by atoms with Crippen LogP contribution in [0.1, 0.15) is 21.0 Å². The zero-order valence-electron chi connectivity index (χ0n) is 16.7. The number of furan rings is 1. The van der Waals surface area contributed by atoms with E-state index in [4.69, 9.17) is 13.9 Å². The Morgan fingerprint density at radius 1 is 0.968 bits per heavy atom. The van der Waals surface area contributed by atoms with E-state index in [9.17, 15) is 9.59 Å². The van der Waals surface area contributed by atoms with Crippen molar-refractivity contribution in [1.82, 2.24) is 5.32 Å². The van der Waals surface area contributed by atoms with Crippen LogP contribution in [0.15, 0.2) is 76.5 Å². The number of hydrogen-bond donors (Lipinski definition) is 1. The van der Waals surface area contributed by atoms with Crippen LogP contribution >= 0.6 is 11.3 Å². The first kappa shape index (κ1) is 20.7. The second-order valence-corrected chi connectivity index (χ2v) is 7.80. The molecule has 0 spiro atoms. The van der Waals surface area contributed by atoms with Gasteiger partial charge in [0.2, 0.25) is 5.76 Å². The second kappa shape index (κ2) is 9.95. The van der Waals surface area contributed by atoms with Gasteiger partial charge < -0.3 is 19.2 Å². The van der Waals surface area contributed by atoms with E-state index in [0.717, 1.165) is 11.8 Å². The molecule has 0 radical (unpaired) electrons. The molecule has 0 atom stereocenters. The summed E-state index contributed by atoms with van der Waals surface area (Å²) >= 11 is 1.64. The van der Waals surface area contributed by atoms with Gasteiger partial charge in [0.05, 0.1) is 5.56 Å². The van der Waals surface area contributed by atoms with Crippen LogP contribution in [0, 0.1) is 0 Å². The minimum Gasteiger partial charge on any atom is -0.489 e. The third-order valence-electron chi connectivity index (χ3n) is 4.62. The highest BCUT2D eigenvalue weighted by atomic mass is 32.1. The lowest BCUT2D eigenvalue weighted by Crippen LogP contribution is -2.30. The summed E-state index contributed by atoms with van der Waals surface area (Å²) in [5.41, 5.74) is 1.14. The molecule has 2 heterocycles. The Bertz CT molecular complexity index is 1150. The normalized spacial score (nSPS) is 10.7. The molecule has 0 aliphatic heterocycles. The summed E-state index contributed by atoms with van der Waals surface area (Å²) < 4.78 is 16.7. The predicted octanol–water partition coefficient (Wildman–Crippen LogP) is 4.59. The van der Waals surface area contributed by atoms with E-state index in [-0.39, 0.29) is 24.9 Å². The van der Waals surface area contributed by atoms with Crippen LogP contribution in [0.2, 0.25) is 0 Å². The van der Waals surface area contributed by atoms with Crippen molar-refractivity contribution < 1.29 is 23.5 Å². The average Bonchev–Trinajstić information content (AvgIpc) is 3.44. The van der Waals surface area contributed by atoms with E-state index in [1.54, 1.807) is 17.4 Å². The van der Waals surface area contributed by atoms with Crippen LogP contribution in [0.3, 0.4) is 0 Å². The summed E-state index contributed by atoms with van der Waals surface area (Å²) in [6, 6.07) is 20.6. The minimum atomic E-state index is -0.698. The number of benzene rings is 2. The summed E-state index contributed by atoms with van der Waals surface area (Å²) in [6.45, 7) is 0.246. The first-order valence-corrected chi connectivity index (χ1v) is 10.7. The van der Waals surface area contributed by atoms with Crippen molar-refractivity contribution in [1.29, 1.82) is 0 Å². The molecule has 2 aromatic heterocycles. The number of fused-ring (bicyclic) bond motifs is 1. The molecule has 0 bridgehead atoms. The van der Waals surface area contributed by atoms with Crippen LogP contribution < -0.4 is 10.1 Å². The molecular formula is C24H21NO5S. The number of nitrogens with one attached hydrogen (secondary N) is 1. The van der Waals surface area contributed by atoms with E-state index < -0.39 is 5.97 Å². The van der Waals surface area contributed by atoms with E-state index >= 15 is 0 Å². The van der Waals surface area contributed by atoms with Crippen LogP contribution in [0.4, 0.5) is 0 Å². The van der Waals surface area contributed by atoms with Crippen molar-refractivity contribution in [2.24, 2.45) is 0 Å². The van der Waals surface area contributed by atoms with Gasteiger partial charge in [0.15, 0.2) is 6.61 Å². The molecule has 31 heavy (non-hydrogen) atoms. The minimum absolute atomic E-state index is 0.0449. The number of carbonyl (C=O) groups is 2. The monoisotopic (exact) mass is 435 g/mol. The Labute approximate surface area is 183 Å². The standard InChI is InChI=1S/C24H21NO5S/c26-22(25-13-12-18-9-6-14-31-18)16-29-24(27)23-20(15-28-17-7-2-1-3-8-17)19-10-4-5-11-21(19)30-23/h1-11,14H,12-13,15-16H2,(H,25,26). The summed E-state index contributed by atoms with van der Waals surface area (Å²) in [6.07, 6.45) is 0.738. The first-order valence-electron chi connectivity index (χ1n) is 9.85. The molecule has 0 saturated carbocycles. The number of rotatable bonds is 9. The van der Waals surface area contributed by atoms with E-state index in [2.05, 4.69) is 5.32 Å². The van der Waals surface area contributed by atoms with E-state index in [1.807, 2.05) is 66.0 Å². The molecule has 0 aliphatic rings. The fourth-order valence-corrected chi connectivity index (χ4v) is 3.82. The van der Waals surface area contributed by atoms with Gasteiger partial charge in [0.25, 0.3) is 5.91 Å². The second-order valence-electron chi connectivity index (χ2n) is 6.76. The Balaban J connectivity index is 1.39. The largest absolute Gasteiger partial charge is 0.489 e. The van der Waals surface area contributed by atoms with Gasteiger partial charge in [-0.2, -0.15) is 0 Å². The van der Waals surface area contributed by atoms with E-state index in [0.29, 0.717) is 23.4 Å². The Morgan fingerprint density at radius 2 is 1.77 bits per heavy atom. The van der Waals surface area contributed by atoms with E-state index in [1.165, 1.54) is 4.88 Å². The Hall–Kier alpha value is -3.58. The van der Waals surface area contributed by atoms with Crippen molar-refractivity contribution >= 4 is 34.2 Å². The predicted molar refractivity (Wildman–Crippen MR) is 118 cm³/mol. The summed E-state index contributed by atoms with van der Waals surface area (Å²) in [5, 5.41) is 5.51.